The third-order valence-electron chi connectivity index (χ3n) is 6.41. The number of carbonyl (C=O) groups excluding carboxylic acids is 2. The first-order valence-electron chi connectivity index (χ1n) is 13.0. The fourth-order valence-electron chi connectivity index (χ4n) is 4.31. The van der Waals surface area contributed by atoms with E-state index in [1.807, 2.05) is 31.2 Å². The third-order valence-corrected chi connectivity index (χ3v) is 6.41. The molecule has 6 rings (SSSR count). The molecule has 0 bridgehead atoms. The summed E-state index contributed by atoms with van der Waals surface area (Å²) in [7, 11) is 0. The lowest BCUT2D eigenvalue weighted by atomic mass is 10.1. The van der Waals surface area contributed by atoms with E-state index in [9.17, 15) is 9.59 Å². The normalized spacial score (nSPS) is 13.4. The zero-order valence-corrected chi connectivity index (χ0v) is 22.0. The quantitative estimate of drug-likeness (QED) is 0.202. The van der Waals surface area contributed by atoms with Gasteiger partial charge in [-0.05, 0) is 48.5 Å². The zero-order valence-electron chi connectivity index (χ0n) is 22.0. The number of fused-ring (bicyclic) bond motifs is 3. The number of nitrogens with zero attached hydrogens (tertiary/aromatic N) is 3. The number of rotatable bonds is 6. The van der Waals surface area contributed by atoms with Crippen molar-refractivity contribution in [1.29, 1.82) is 0 Å². The van der Waals surface area contributed by atoms with E-state index in [1.54, 1.807) is 78.9 Å². The molecule has 1 aliphatic heterocycles. The molecule has 0 fully saturated rings. The van der Waals surface area contributed by atoms with Crippen molar-refractivity contribution in [2.75, 3.05) is 5.32 Å². The van der Waals surface area contributed by atoms with Gasteiger partial charge in [0.25, 0.3) is 0 Å². The number of aromatic nitrogens is 3. The first kappa shape index (κ1) is 25.7. The standard InChI is InChI=1S/C32H24N4O5/c1-2-27-34-30-28(36-35-27)23-15-9-10-16-24(23)33-29(41-30)22-17-18-25(39-31(37)20-11-5-3-6-12-20)26(19-22)40-32(38)21-13-7-4-8-14-21/h3-19,29,33H,2H2,1H3. The van der Waals surface area contributed by atoms with Gasteiger partial charge in [-0.15, -0.1) is 10.2 Å². The highest BCUT2D eigenvalue weighted by atomic mass is 16.6. The number of aryl methyl sites for hydroxylation is 1. The van der Waals surface area contributed by atoms with Crippen LogP contribution in [0, 0.1) is 0 Å². The van der Waals surface area contributed by atoms with Crippen molar-refractivity contribution in [2.45, 2.75) is 19.6 Å². The molecule has 1 aromatic heterocycles. The predicted octanol–water partition coefficient (Wildman–Crippen LogP) is 6.04. The summed E-state index contributed by atoms with van der Waals surface area (Å²) in [6.45, 7) is 1.94. The Bertz CT molecular complexity index is 1730. The number of benzene rings is 4. The molecular formula is C32H24N4O5. The van der Waals surface area contributed by atoms with Crippen molar-refractivity contribution in [2.24, 2.45) is 0 Å². The number of esters is 2. The molecule has 0 amide bonds. The number of nitrogens with one attached hydrogen (secondary N) is 1. The number of carbonyl (C=O) groups is 2. The highest BCUT2D eigenvalue weighted by Gasteiger charge is 2.27. The SMILES string of the molecule is CCc1nnc2c(n1)OC(c1ccc(OC(=O)c3ccccc3)c(OC(=O)c3ccccc3)c1)Nc1ccccc1-2. The van der Waals surface area contributed by atoms with Crippen LogP contribution in [-0.4, -0.2) is 27.1 Å². The maximum atomic E-state index is 13.0. The number of ether oxygens (including phenoxy) is 3. The van der Waals surface area contributed by atoms with Gasteiger partial charge in [0, 0.05) is 23.2 Å². The lowest BCUT2D eigenvalue weighted by Gasteiger charge is -2.21. The van der Waals surface area contributed by atoms with Crippen LogP contribution in [0.3, 0.4) is 0 Å². The number of anilines is 1. The summed E-state index contributed by atoms with van der Waals surface area (Å²) < 4.78 is 17.8. The van der Waals surface area contributed by atoms with Crippen LogP contribution in [0.2, 0.25) is 0 Å². The highest BCUT2D eigenvalue weighted by molar-refractivity contribution is 5.93. The summed E-state index contributed by atoms with van der Waals surface area (Å²) in [6.07, 6.45) is -0.156. The largest absolute Gasteiger partial charge is 0.448 e. The van der Waals surface area contributed by atoms with E-state index in [0.29, 0.717) is 40.5 Å². The van der Waals surface area contributed by atoms with E-state index in [2.05, 4.69) is 20.5 Å². The summed E-state index contributed by atoms with van der Waals surface area (Å²) >= 11 is 0. The van der Waals surface area contributed by atoms with Crippen LogP contribution in [0.4, 0.5) is 5.69 Å². The van der Waals surface area contributed by atoms with Crippen LogP contribution >= 0.6 is 0 Å². The summed E-state index contributed by atoms with van der Waals surface area (Å²) in [4.78, 5) is 30.5. The molecule has 202 valence electrons. The van der Waals surface area contributed by atoms with Gasteiger partial charge in [0.15, 0.2) is 29.2 Å². The van der Waals surface area contributed by atoms with E-state index in [-0.39, 0.29) is 11.5 Å². The molecule has 1 N–H and O–H groups in total. The van der Waals surface area contributed by atoms with Crippen LogP contribution in [0.1, 0.15) is 45.3 Å². The van der Waals surface area contributed by atoms with Gasteiger partial charge in [0.2, 0.25) is 5.88 Å². The maximum Gasteiger partial charge on any atom is 0.343 e. The maximum absolute atomic E-state index is 13.0. The lowest BCUT2D eigenvalue weighted by Crippen LogP contribution is -2.18. The Balaban J connectivity index is 1.39. The fraction of sp³-hybridized carbons (Fsp3) is 0.0938. The summed E-state index contributed by atoms with van der Waals surface area (Å²) in [5.41, 5.74) is 3.37. The molecule has 0 aliphatic carbocycles. The number of hydrogen-bond acceptors (Lipinski definition) is 9. The number of para-hydroxylation sites is 1. The van der Waals surface area contributed by atoms with E-state index in [4.69, 9.17) is 14.2 Å². The molecule has 0 saturated carbocycles. The molecule has 2 heterocycles. The Kier molecular flexibility index (Phi) is 7.06. The highest BCUT2D eigenvalue weighted by Crippen LogP contribution is 2.40. The summed E-state index contributed by atoms with van der Waals surface area (Å²) in [5, 5.41) is 12.0. The minimum atomic E-state index is -0.744. The zero-order chi connectivity index (χ0) is 28.2. The molecule has 1 atom stereocenters. The molecule has 0 spiro atoms. The second-order valence-corrected chi connectivity index (χ2v) is 9.14. The molecule has 0 saturated heterocycles. The Morgan fingerprint density at radius 1 is 0.780 bits per heavy atom. The van der Waals surface area contributed by atoms with Gasteiger partial charge in [-0.3, -0.25) is 0 Å². The molecule has 9 heteroatoms. The predicted molar refractivity (Wildman–Crippen MR) is 151 cm³/mol. The molecule has 0 radical (unpaired) electrons. The molecule has 41 heavy (non-hydrogen) atoms. The molecule has 9 nitrogen and oxygen atoms in total. The van der Waals surface area contributed by atoms with Gasteiger partial charge in [0.1, 0.15) is 0 Å². The average molecular weight is 545 g/mol. The first-order chi connectivity index (χ1) is 20.1. The Morgan fingerprint density at radius 3 is 2.10 bits per heavy atom. The second kappa shape index (κ2) is 11.3. The van der Waals surface area contributed by atoms with Crippen molar-refractivity contribution in [3.05, 3.63) is 126 Å². The molecule has 1 aliphatic rings. The smallest absolute Gasteiger partial charge is 0.343 e. The van der Waals surface area contributed by atoms with Gasteiger partial charge in [-0.2, -0.15) is 4.98 Å². The van der Waals surface area contributed by atoms with Gasteiger partial charge < -0.3 is 19.5 Å². The monoisotopic (exact) mass is 544 g/mol. The third kappa shape index (κ3) is 5.46. The van der Waals surface area contributed by atoms with Crippen molar-refractivity contribution < 1.29 is 23.8 Å². The summed E-state index contributed by atoms with van der Waals surface area (Å²) in [5.74, 6) is -0.187. The van der Waals surface area contributed by atoms with Crippen molar-refractivity contribution in [3.8, 4) is 28.6 Å². The first-order valence-corrected chi connectivity index (χ1v) is 13.0. The average Bonchev–Trinajstić information content (AvgIpc) is 3.19. The minimum absolute atomic E-state index is 0.0545. The molecule has 5 aromatic rings. The van der Waals surface area contributed by atoms with Gasteiger partial charge in [-0.25, -0.2) is 9.59 Å². The van der Waals surface area contributed by atoms with E-state index in [1.165, 1.54) is 0 Å². The second-order valence-electron chi connectivity index (χ2n) is 9.14. The van der Waals surface area contributed by atoms with Crippen LogP contribution in [-0.2, 0) is 6.42 Å². The van der Waals surface area contributed by atoms with Crippen LogP contribution < -0.4 is 19.5 Å². The molecular weight excluding hydrogens is 520 g/mol. The van der Waals surface area contributed by atoms with Crippen LogP contribution in [0.15, 0.2) is 103 Å². The van der Waals surface area contributed by atoms with Crippen LogP contribution in [0.5, 0.6) is 17.4 Å². The topological polar surface area (TPSA) is 113 Å². The summed E-state index contributed by atoms with van der Waals surface area (Å²) in [6, 6.07) is 29.7. The van der Waals surface area contributed by atoms with Crippen molar-refractivity contribution in [3.63, 3.8) is 0 Å². The molecule has 1 unspecified atom stereocenters. The van der Waals surface area contributed by atoms with Gasteiger partial charge in [-0.1, -0.05) is 61.5 Å². The van der Waals surface area contributed by atoms with E-state index in [0.717, 1.165) is 11.3 Å². The van der Waals surface area contributed by atoms with Crippen molar-refractivity contribution in [1.82, 2.24) is 15.2 Å². The fourth-order valence-corrected chi connectivity index (χ4v) is 4.31. The van der Waals surface area contributed by atoms with Gasteiger partial charge in [0.05, 0.1) is 11.1 Å². The van der Waals surface area contributed by atoms with Crippen molar-refractivity contribution >= 4 is 17.6 Å². The number of hydrogen-bond donors (Lipinski definition) is 1. The Morgan fingerprint density at radius 2 is 1.41 bits per heavy atom. The Hall–Kier alpha value is -5.57. The van der Waals surface area contributed by atoms with Gasteiger partial charge >= 0.3 is 11.9 Å². The lowest BCUT2D eigenvalue weighted by molar-refractivity contribution is 0.0682. The van der Waals surface area contributed by atoms with E-state index >= 15 is 0 Å². The minimum Gasteiger partial charge on any atom is -0.448 e. The van der Waals surface area contributed by atoms with E-state index < -0.39 is 18.2 Å². The van der Waals surface area contributed by atoms with Crippen LogP contribution in [0.25, 0.3) is 11.3 Å². The molecule has 4 aromatic carbocycles. The Labute approximate surface area is 235 Å².